The third-order valence-corrected chi connectivity index (χ3v) is 6.12. The van der Waals surface area contributed by atoms with Crippen LogP contribution >= 0.6 is 0 Å². The van der Waals surface area contributed by atoms with Crippen molar-refractivity contribution >= 4 is 10.0 Å². The Morgan fingerprint density at radius 3 is 3.05 bits per heavy atom. The van der Waals surface area contributed by atoms with E-state index in [0.717, 1.165) is 19.3 Å². The van der Waals surface area contributed by atoms with Gasteiger partial charge in [0.05, 0.1) is 18.8 Å². The lowest BCUT2D eigenvalue weighted by molar-refractivity contribution is -0.0242. The van der Waals surface area contributed by atoms with Gasteiger partial charge in [-0.15, -0.1) is 0 Å². The van der Waals surface area contributed by atoms with Crippen LogP contribution in [0.5, 0.6) is 0 Å². The summed E-state index contributed by atoms with van der Waals surface area (Å²) >= 11 is 0. The van der Waals surface area contributed by atoms with Crippen LogP contribution in [0.4, 0.5) is 0 Å². The molecule has 3 rings (SSSR count). The first-order chi connectivity index (χ1) is 9.55. The van der Waals surface area contributed by atoms with E-state index in [9.17, 15) is 8.42 Å². The van der Waals surface area contributed by atoms with Gasteiger partial charge in [-0.25, -0.2) is 8.42 Å². The lowest BCUT2D eigenvalue weighted by atomic mass is 10.2. The minimum absolute atomic E-state index is 0.0277. The molecular formula is C12H20N4O3S. The molecule has 3 N–H and O–H groups in total. The number of morpholine rings is 1. The molecule has 1 saturated heterocycles. The average molecular weight is 300 g/mol. The smallest absolute Gasteiger partial charge is 0.263 e. The maximum Gasteiger partial charge on any atom is 0.263 e. The van der Waals surface area contributed by atoms with Crippen LogP contribution in [0.15, 0.2) is 5.03 Å². The van der Waals surface area contributed by atoms with Gasteiger partial charge < -0.3 is 10.5 Å². The molecule has 2 heterocycles. The van der Waals surface area contributed by atoms with E-state index in [1.807, 2.05) is 0 Å². The Morgan fingerprint density at radius 2 is 2.30 bits per heavy atom. The number of sulfonamides is 1. The Bertz CT molecular complexity index is 598. The highest BCUT2D eigenvalue weighted by Crippen LogP contribution is 2.33. The third-order valence-electron chi connectivity index (χ3n) is 4.22. The zero-order valence-electron chi connectivity index (χ0n) is 11.5. The normalized spacial score (nSPS) is 27.7. The second-order valence-electron chi connectivity index (χ2n) is 5.36. The fraction of sp³-hybridized carbons (Fsp3) is 0.750. The molecule has 2 fully saturated rings. The lowest BCUT2D eigenvalue weighted by Crippen LogP contribution is -2.51. The number of nitrogens with zero attached hydrogens (tertiary/aromatic N) is 2. The van der Waals surface area contributed by atoms with Gasteiger partial charge in [0.1, 0.15) is 0 Å². The maximum atomic E-state index is 12.9. The Kier molecular flexibility index (Phi) is 3.57. The summed E-state index contributed by atoms with van der Waals surface area (Å²) in [5.74, 6) is 0. The number of aromatic amines is 1. The second-order valence-corrected chi connectivity index (χ2v) is 7.17. The van der Waals surface area contributed by atoms with Gasteiger partial charge >= 0.3 is 0 Å². The standard InChI is InChI=1S/C12H20N4O3S/c1-8-9(7-13)12(15-14-8)20(17,18)16-5-6-19-11-4-2-3-10(11)16/h10-11H,2-7,13H2,1H3,(H,14,15). The van der Waals surface area contributed by atoms with Crippen LogP contribution in [0.2, 0.25) is 0 Å². The predicted molar refractivity (Wildman–Crippen MR) is 72.5 cm³/mol. The summed E-state index contributed by atoms with van der Waals surface area (Å²) in [6.45, 7) is 2.78. The Hall–Kier alpha value is -0.960. The Balaban J connectivity index is 1.98. The minimum atomic E-state index is -3.61. The van der Waals surface area contributed by atoms with E-state index in [0.29, 0.717) is 24.4 Å². The van der Waals surface area contributed by atoms with Gasteiger partial charge in [0.25, 0.3) is 10.0 Å². The summed E-state index contributed by atoms with van der Waals surface area (Å²) in [5.41, 5.74) is 6.95. The summed E-state index contributed by atoms with van der Waals surface area (Å²) in [7, 11) is -3.61. The number of fused-ring (bicyclic) bond motifs is 1. The zero-order chi connectivity index (χ0) is 14.3. The lowest BCUT2D eigenvalue weighted by Gasteiger charge is -2.36. The van der Waals surface area contributed by atoms with E-state index >= 15 is 0 Å². The molecular weight excluding hydrogens is 280 g/mol. The van der Waals surface area contributed by atoms with Crippen LogP contribution in [-0.4, -0.2) is 48.2 Å². The molecule has 1 aliphatic heterocycles. The van der Waals surface area contributed by atoms with Gasteiger partial charge in [-0.2, -0.15) is 9.40 Å². The summed E-state index contributed by atoms with van der Waals surface area (Å²) < 4.78 is 32.9. The molecule has 1 aromatic rings. The van der Waals surface area contributed by atoms with E-state index in [4.69, 9.17) is 10.5 Å². The van der Waals surface area contributed by atoms with Gasteiger partial charge in [0.2, 0.25) is 0 Å². The molecule has 7 nitrogen and oxygen atoms in total. The van der Waals surface area contributed by atoms with Crippen LogP contribution < -0.4 is 5.73 Å². The fourth-order valence-corrected chi connectivity index (χ4v) is 5.03. The van der Waals surface area contributed by atoms with E-state index < -0.39 is 10.0 Å². The molecule has 1 aromatic heterocycles. The molecule has 1 aliphatic carbocycles. The van der Waals surface area contributed by atoms with Crippen molar-refractivity contribution in [2.75, 3.05) is 13.2 Å². The van der Waals surface area contributed by atoms with Gasteiger partial charge in [0, 0.05) is 24.3 Å². The summed E-state index contributed by atoms with van der Waals surface area (Å²) in [5, 5.41) is 6.77. The largest absolute Gasteiger partial charge is 0.375 e. The summed E-state index contributed by atoms with van der Waals surface area (Å²) in [6.07, 6.45) is 2.82. The molecule has 1 saturated carbocycles. The van der Waals surface area contributed by atoms with Crippen molar-refractivity contribution in [3.8, 4) is 0 Å². The van der Waals surface area contributed by atoms with Crippen molar-refractivity contribution < 1.29 is 13.2 Å². The van der Waals surface area contributed by atoms with Crippen molar-refractivity contribution in [1.82, 2.24) is 14.5 Å². The first-order valence-electron chi connectivity index (χ1n) is 6.93. The number of hydrogen-bond donors (Lipinski definition) is 2. The van der Waals surface area contributed by atoms with Crippen LogP contribution in [0.25, 0.3) is 0 Å². The quantitative estimate of drug-likeness (QED) is 0.825. The molecule has 20 heavy (non-hydrogen) atoms. The monoisotopic (exact) mass is 300 g/mol. The Labute approximate surface area is 118 Å². The van der Waals surface area contributed by atoms with Crippen LogP contribution in [0.3, 0.4) is 0 Å². The predicted octanol–water partition coefficient (Wildman–Crippen LogP) is 0.119. The number of nitrogens with one attached hydrogen (secondary N) is 1. The summed E-state index contributed by atoms with van der Waals surface area (Å²) in [4.78, 5) is 0. The van der Waals surface area contributed by atoms with Crippen molar-refractivity contribution in [2.45, 2.75) is 49.9 Å². The highest BCUT2D eigenvalue weighted by Gasteiger charge is 2.43. The van der Waals surface area contributed by atoms with E-state index in [1.54, 1.807) is 11.2 Å². The van der Waals surface area contributed by atoms with Crippen LogP contribution in [0, 0.1) is 6.92 Å². The molecule has 112 valence electrons. The van der Waals surface area contributed by atoms with E-state index in [2.05, 4.69) is 10.2 Å². The van der Waals surface area contributed by atoms with Gasteiger partial charge in [-0.1, -0.05) is 0 Å². The van der Waals surface area contributed by atoms with E-state index in [1.165, 1.54) is 0 Å². The first kappa shape index (κ1) is 14.0. The topological polar surface area (TPSA) is 101 Å². The molecule has 2 aliphatic rings. The zero-order valence-corrected chi connectivity index (χ0v) is 12.3. The number of H-pyrrole nitrogens is 1. The first-order valence-corrected chi connectivity index (χ1v) is 8.37. The number of rotatable bonds is 3. The van der Waals surface area contributed by atoms with Crippen LogP contribution in [-0.2, 0) is 21.3 Å². The molecule has 0 aromatic carbocycles. The molecule has 0 radical (unpaired) electrons. The van der Waals surface area contributed by atoms with Crippen molar-refractivity contribution in [3.05, 3.63) is 11.3 Å². The molecule has 0 bridgehead atoms. The third kappa shape index (κ3) is 2.07. The maximum absolute atomic E-state index is 12.9. The van der Waals surface area contributed by atoms with Gasteiger partial charge in [0.15, 0.2) is 5.03 Å². The van der Waals surface area contributed by atoms with Crippen molar-refractivity contribution in [3.63, 3.8) is 0 Å². The van der Waals surface area contributed by atoms with Crippen molar-refractivity contribution in [2.24, 2.45) is 5.73 Å². The number of ether oxygens (including phenoxy) is 1. The fourth-order valence-electron chi connectivity index (χ4n) is 3.18. The highest BCUT2D eigenvalue weighted by molar-refractivity contribution is 7.89. The molecule has 8 heteroatoms. The SMILES string of the molecule is Cc1[nH]nc(S(=O)(=O)N2CCOC3CCCC32)c1CN. The number of aryl methyl sites for hydroxylation is 1. The van der Waals surface area contributed by atoms with Crippen LogP contribution in [0.1, 0.15) is 30.5 Å². The molecule has 0 spiro atoms. The Morgan fingerprint density at radius 1 is 1.50 bits per heavy atom. The summed E-state index contributed by atoms with van der Waals surface area (Å²) in [6, 6.07) is -0.0589. The second kappa shape index (κ2) is 5.10. The molecule has 2 atom stereocenters. The van der Waals surface area contributed by atoms with E-state index in [-0.39, 0.29) is 23.7 Å². The highest BCUT2D eigenvalue weighted by atomic mass is 32.2. The number of hydrogen-bond acceptors (Lipinski definition) is 5. The number of aromatic nitrogens is 2. The molecule has 0 amide bonds. The number of nitrogens with two attached hydrogens (primary N) is 1. The van der Waals surface area contributed by atoms with Gasteiger partial charge in [-0.05, 0) is 26.2 Å². The average Bonchev–Trinajstić information content (AvgIpc) is 3.03. The van der Waals surface area contributed by atoms with Crippen molar-refractivity contribution in [1.29, 1.82) is 0 Å². The molecule has 2 unspecified atom stereocenters. The van der Waals surface area contributed by atoms with Gasteiger partial charge in [-0.3, -0.25) is 5.10 Å². The minimum Gasteiger partial charge on any atom is -0.375 e.